The van der Waals surface area contributed by atoms with Gasteiger partial charge in [0.15, 0.2) is 0 Å². The monoisotopic (exact) mass is 286 g/mol. The van der Waals surface area contributed by atoms with Crippen molar-refractivity contribution in [3.05, 3.63) is 41.5 Å². The van der Waals surface area contributed by atoms with Crippen LogP contribution in [0.4, 0.5) is 10.5 Å². The number of benzene rings is 1. The van der Waals surface area contributed by atoms with E-state index < -0.39 is 11.9 Å². The highest BCUT2D eigenvalue weighted by molar-refractivity contribution is 5.90. The van der Waals surface area contributed by atoms with E-state index in [1.807, 2.05) is 12.1 Å². The van der Waals surface area contributed by atoms with Crippen LogP contribution in [0, 0.1) is 5.92 Å². The van der Waals surface area contributed by atoms with Crippen molar-refractivity contribution in [2.24, 2.45) is 5.92 Å². The number of fused-ring (bicyclic) bond motifs is 1. The van der Waals surface area contributed by atoms with Crippen LogP contribution < -0.4 is 10.6 Å². The highest BCUT2D eigenvalue weighted by atomic mass is 16.4. The average Bonchev–Trinajstić information content (AvgIpc) is 3.06. The normalized spacial score (nSPS) is 22.9. The molecule has 2 aliphatic rings. The first-order chi connectivity index (χ1) is 10.1. The molecule has 0 fully saturated rings. The molecule has 0 aromatic heterocycles. The predicted octanol–water partition coefficient (Wildman–Crippen LogP) is 2.33. The quantitative estimate of drug-likeness (QED) is 0.746. The Labute approximate surface area is 123 Å². The largest absolute Gasteiger partial charge is 0.481 e. The third-order valence-corrected chi connectivity index (χ3v) is 4.07. The molecule has 0 bridgehead atoms. The van der Waals surface area contributed by atoms with E-state index in [1.165, 1.54) is 17.5 Å². The number of carbonyl (C=O) groups excluding carboxylic acids is 1. The minimum absolute atomic E-state index is 0.222. The number of carbonyl (C=O) groups is 2. The summed E-state index contributed by atoms with van der Waals surface area (Å²) in [6, 6.07) is 5.48. The van der Waals surface area contributed by atoms with Crippen molar-refractivity contribution in [2.75, 3.05) is 5.32 Å². The second kappa shape index (κ2) is 5.60. The first-order valence-electron chi connectivity index (χ1n) is 7.22. The molecule has 1 aromatic carbocycles. The van der Waals surface area contributed by atoms with E-state index in [-0.39, 0.29) is 12.1 Å². The number of anilines is 1. The topological polar surface area (TPSA) is 78.4 Å². The number of carboxylic acids is 1. The fourth-order valence-corrected chi connectivity index (χ4v) is 2.97. The second-order valence-electron chi connectivity index (χ2n) is 5.61. The molecular weight excluding hydrogens is 268 g/mol. The zero-order chi connectivity index (χ0) is 14.8. The summed E-state index contributed by atoms with van der Waals surface area (Å²) in [7, 11) is 0. The summed E-state index contributed by atoms with van der Waals surface area (Å²) in [4.78, 5) is 22.8. The van der Waals surface area contributed by atoms with Crippen LogP contribution in [0.2, 0.25) is 0 Å². The molecule has 3 N–H and O–H groups in total. The van der Waals surface area contributed by atoms with Crippen molar-refractivity contribution in [1.82, 2.24) is 5.32 Å². The number of nitrogens with one attached hydrogen (secondary N) is 2. The van der Waals surface area contributed by atoms with Gasteiger partial charge >= 0.3 is 12.0 Å². The molecule has 2 amide bonds. The van der Waals surface area contributed by atoms with E-state index in [9.17, 15) is 9.59 Å². The van der Waals surface area contributed by atoms with Gasteiger partial charge in [-0.05, 0) is 48.9 Å². The molecule has 1 aromatic rings. The number of carboxylic acid groups (broad SMARTS) is 1. The zero-order valence-corrected chi connectivity index (χ0v) is 11.6. The number of aliphatic carboxylic acids is 1. The number of hydrogen-bond acceptors (Lipinski definition) is 2. The Balaban J connectivity index is 1.55. The molecule has 110 valence electrons. The minimum atomic E-state index is -0.852. The lowest BCUT2D eigenvalue weighted by molar-refractivity contribution is -0.140. The van der Waals surface area contributed by atoms with Gasteiger partial charge in [0.1, 0.15) is 0 Å². The van der Waals surface area contributed by atoms with E-state index in [2.05, 4.69) is 16.7 Å². The third-order valence-electron chi connectivity index (χ3n) is 4.07. The Morgan fingerprint density at radius 3 is 2.71 bits per heavy atom. The summed E-state index contributed by atoms with van der Waals surface area (Å²) in [6.07, 6.45) is 7.13. The first kappa shape index (κ1) is 13.7. The van der Waals surface area contributed by atoms with Gasteiger partial charge < -0.3 is 15.7 Å². The van der Waals surface area contributed by atoms with Crippen LogP contribution in [0.25, 0.3) is 0 Å². The van der Waals surface area contributed by atoms with Crippen molar-refractivity contribution in [1.29, 1.82) is 0 Å². The summed E-state index contributed by atoms with van der Waals surface area (Å²) >= 11 is 0. The molecule has 0 spiro atoms. The third kappa shape index (κ3) is 3.07. The lowest BCUT2D eigenvalue weighted by atomic mass is 10.1. The summed E-state index contributed by atoms with van der Waals surface area (Å²) in [6.45, 7) is 0. The number of urea groups is 1. The van der Waals surface area contributed by atoms with Gasteiger partial charge in [0.25, 0.3) is 0 Å². The van der Waals surface area contributed by atoms with E-state index in [1.54, 1.807) is 12.2 Å². The molecule has 5 nitrogen and oxygen atoms in total. The van der Waals surface area contributed by atoms with Gasteiger partial charge in [-0.1, -0.05) is 18.2 Å². The Bertz CT molecular complexity index is 610. The molecule has 0 heterocycles. The van der Waals surface area contributed by atoms with Gasteiger partial charge in [-0.3, -0.25) is 4.79 Å². The highest BCUT2D eigenvalue weighted by Gasteiger charge is 2.25. The molecule has 5 heteroatoms. The molecule has 21 heavy (non-hydrogen) atoms. The van der Waals surface area contributed by atoms with E-state index in [4.69, 9.17) is 5.11 Å². The Hall–Kier alpha value is -2.30. The van der Waals surface area contributed by atoms with Crippen LogP contribution in [-0.4, -0.2) is 23.1 Å². The van der Waals surface area contributed by atoms with Crippen LogP contribution in [0.15, 0.2) is 30.4 Å². The summed E-state index contributed by atoms with van der Waals surface area (Å²) in [5.74, 6) is -1.36. The molecule has 2 atom stereocenters. The maximum Gasteiger partial charge on any atom is 0.319 e. The molecular formula is C16H18N2O3. The summed E-state index contributed by atoms with van der Waals surface area (Å²) in [5, 5.41) is 14.5. The van der Waals surface area contributed by atoms with Gasteiger partial charge in [0.05, 0.1) is 12.0 Å². The maximum atomic E-state index is 11.9. The number of aryl methyl sites for hydroxylation is 2. The molecule has 2 aliphatic carbocycles. The number of hydrogen-bond donors (Lipinski definition) is 3. The van der Waals surface area contributed by atoms with Crippen molar-refractivity contribution < 1.29 is 14.7 Å². The molecule has 0 radical (unpaired) electrons. The standard InChI is InChI=1S/C16H18N2O3/c19-15(20)12-5-7-14(9-12)18-16(21)17-13-6-4-10-2-1-3-11(10)8-13/h4-8,12,14H,1-3,9H2,(H,19,20)(H2,17,18,21). The molecule has 0 saturated carbocycles. The molecule has 3 rings (SSSR count). The van der Waals surface area contributed by atoms with Gasteiger partial charge in [0, 0.05) is 5.69 Å². The van der Waals surface area contributed by atoms with Gasteiger partial charge in [-0.25, -0.2) is 4.79 Å². The first-order valence-corrected chi connectivity index (χ1v) is 7.22. The van der Waals surface area contributed by atoms with Crippen LogP contribution in [0.5, 0.6) is 0 Å². The minimum Gasteiger partial charge on any atom is -0.481 e. The van der Waals surface area contributed by atoms with Crippen molar-refractivity contribution in [3.63, 3.8) is 0 Å². The van der Waals surface area contributed by atoms with Gasteiger partial charge in [0.2, 0.25) is 0 Å². The van der Waals surface area contributed by atoms with Crippen LogP contribution >= 0.6 is 0 Å². The summed E-state index contributed by atoms with van der Waals surface area (Å²) in [5.41, 5.74) is 3.45. The zero-order valence-electron chi connectivity index (χ0n) is 11.6. The number of amides is 2. The highest BCUT2D eigenvalue weighted by Crippen LogP contribution is 2.25. The molecule has 0 aliphatic heterocycles. The maximum absolute atomic E-state index is 11.9. The van der Waals surface area contributed by atoms with Crippen molar-refractivity contribution >= 4 is 17.7 Å². The summed E-state index contributed by atoms with van der Waals surface area (Å²) < 4.78 is 0. The Morgan fingerprint density at radius 1 is 1.14 bits per heavy atom. The second-order valence-corrected chi connectivity index (χ2v) is 5.61. The van der Waals surface area contributed by atoms with Crippen LogP contribution in [-0.2, 0) is 17.6 Å². The predicted molar refractivity (Wildman–Crippen MR) is 79.3 cm³/mol. The lowest BCUT2D eigenvalue weighted by Crippen LogP contribution is -2.36. The smallest absolute Gasteiger partial charge is 0.319 e. The Morgan fingerprint density at radius 2 is 1.95 bits per heavy atom. The van der Waals surface area contributed by atoms with Gasteiger partial charge in [-0.2, -0.15) is 0 Å². The van der Waals surface area contributed by atoms with Gasteiger partial charge in [-0.15, -0.1) is 0 Å². The lowest BCUT2D eigenvalue weighted by Gasteiger charge is -2.13. The SMILES string of the molecule is O=C(Nc1ccc2c(c1)CCC2)NC1C=CC(C(=O)O)C1. The van der Waals surface area contributed by atoms with Crippen LogP contribution in [0.1, 0.15) is 24.0 Å². The van der Waals surface area contributed by atoms with Crippen molar-refractivity contribution in [2.45, 2.75) is 31.7 Å². The molecule has 2 unspecified atom stereocenters. The fraction of sp³-hybridized carbons (Fsp3) is 0.375. The van der Waals surface area contributed by atoms with E-state index in [0.29, 0.717) is 6.42 Å². The Kier molecular flexibility index (Phi) is 3.64. The van der Waals surface area contributed by atoms with E-state index in [0.717, 1.165) is 18.5 Å². The number of rotatable bonds is 3. The van der Waals surface area contributed by atoms with Crippen LogP contribution in [0.3, 0.4) is 0 Å². The molecule has 0 saturated heterocycles. The fourth-order valence-electron chi connectivity index (χ4n) is 2.97. The van der Waals surface area contributed by atoms with E-state index >= 15 is 0 Å². The average molecular weight is 286 g/mol. The van der Waals surface area contributed by atoms with Crippen molar-refractivity contribution in [3.8, 4) is 0 Å².